The minimum absolute atomic E-state index is 0.0678. The fourth-order valence-electron chi connectivity index (χ4n) is 2.94. The van der Waals surface area contributed by atoms with Crippen molar-refractivity contribution in [2.24, 2.45) is 0 Å². The largest absolute Gasteiger partial charge is 0.497 e. The Morgan fingerprint density at radius 3 is 2.28 bits per heavy atom. The van der Waals surface area contributed by atoms with Crippen molar-refractivity contribution in [3.63, 3.8) is 0 Å². The van der Waals surface area contributed by atoms with Gasteiger partial charge in [0.15, 0.2) is 5.78 Å². The van der Waals surface area contributed by atoms with Gasteiger partial charge in [0.2, 0.25) is 0 Å². The Labute approximate surface area is 170 Å². The molecular formula is C24H23NO4. The van der Waals surface area contributed by atoms with Crippen molar-refractivity contribution in [1.29, 1.82) is 0 Å². The quantitative estimate of drug-likeness (QED) is 0.555. The van der Waals surface area contributed by atoms with Crippen LogP contribution in [0.2, 0.25) is 0 Å². The van der Waals surface area contributed by atoms with E-state index >= 15 is 0 Å². The standard InChI is InChI=1S/C24H23NO4/c1-28-21-14-8-13-20(15-21)22(16-23(26)19-11-6-3-7-12-19)25-24(27)29-17-18-9-4-2-5-10-18/h2-15,22H,16-17H2,1H3,(H,25,27). The number of methoxy groups -OCH3 is 1. The van der Waals surface area contributed by atoms with Gasteiger partial charge >= 0.3 is 6.09 Å². The molecule has 5 nitrogen and oxygen atoms in total. The van der Waals surface area contributed by atoms with E-state index in [-0.39, 0.29) is 18.8 Å². The van der Waals surface area contributed by atoms with Crippen LogP contribution >= 0.6 is 0 Å². The molecule has 3 aromatic rings. The average Bonchev–Trinajstić information content (AvgIpc) is 2.78. The molecule has 0 fully saturated rings. The molecule has 0 radical (unpaired) electrons. The lowest BCUT2D eigenvalue weighted by Crippen LogP contribution is -2.30. The van der Waals surface area contributed by atoms with Crippen LogP contribution in [0.15, 0.2) is 84.9 Å². The number of alkyl carbamates (subject to hydrolysis) is 1. The van der Waals surface area contributed by atoms with E-state index in [0.29, 0.717) is 11.3 Å². The summed E-state index contributed by atoms with van der Waals surface area (Å²) in [5.74, 6) is 0.584. The fourth-order valence-corrected chi connectivity index (χ4v) is 2.94. The van der Waals surface area contributed by atoms with Gasteiger partial charge in [-0.15, -0.1) is 0 Å². The molecule has 0 bridgehead atoms. The van der Waals surface area contributed by atoms with E-state index in [1.165, 1.54) is 0 Å². The first-order valence-electron chi connectivity index (χ1n) is 9.35. The van der Waals surface area contributed by atoms with Gasteiger partial charge in [-0.1, -0.05) is 72.8 Å². The van der Waals surface area contributed by atoms with Crippen LogP contribution in [0.4, 0.5) is 4.79 Å². The molecule has 0 aromatic heterocycles. The Hall–Kier alpha value is -3.60. The number of carbonyl (C=O) groups is 2. The lowest BCUT2D eigenvalue weighted by molar-refractivity contribution is 0.0962. The first kappa shape index (κ1) is 20.1. The zero-order valence-corrected chi connectivity index (χ0v) is 16.2. The summed E-state index contributed by atoms with van der Waals surface area (Å²) in [6.07, 6.45) is -0.472. The van der Waals surface area contributed by atoms with E-state index in [9.17, 15) is 9.59 Å². The predicted octanol–water partition coefficient (Wildman–Crippen LogP) is 4.94. The van der Waals surface area contributed by atoms with Crippen molar-refractivity contribution in [1.82, 2.24) is 5.32 Å². The molecular weight excluding hydrogens is 366 g/mol. The predicted molar refractivity (Wildman–Crippen MR) is 111 cm³/mol. The molecule has 1 amide bonds. The average molecular weight is 389 g/mol. The molecule has 3 aromatic carbocycles. The number of carbonyl (C=O) groups excluding carboxylic acids is 2. The number of hydrogen-bond donors (Lipinski definition) is 1. The zero-order valence-electron chi connectivity index (χ0n) is 16.2. The minimum atomic E-state index is -0.581. The molecule has 1 atom stereocenters. The van der Waals surface area contributed by atoms with Gasteiger partial charge in [-0.2, -0.15) is 0 Å². The Bertz CT molecular complexity index is 941. The third kappa shape index (κ3) is 5.94. The van der Waals surface area contributed by atoms with Crippen LogP contribution in [-0.4, -0.2) is 19.0 Å². The van der Waals surface area contributed by atoms with Gasteiger partial charge in [0.05, 0.1) is 13.2 Å². The van der Waals surface area contributed by atoms with Crippen LogP contribution < -0.4 is 10.1 Å². The number of rotatable bonds is 8. The number of Topliss-reactive ketones (excluding diaryl/α,β-unsaturated/α-hetero) is 1. The number of benzene rings is 3. The van der Waals surface area contributed by atoms with E-state index in [1.54, 1.807) is 25.3 Å². The Morgan fingerprint density at radius 1 is 0.897 bits per heavy atom. The summed E-state index contributed by atoms with van der Waals surface area (Å²) >= 11 is 0. The number of nitrogens with one attached hydrogen (secondary N) is 1. The fraction of sp³-hybridized carbons (Fsp3) is 0.167. The first-order valence-corrected chi connectivity index (χ1v) is 9.35. The summed E-state index contributed by atoms with van der Waals surface area (Å²) in [6.45, 7) is 0.157. The molecule has 0 saturated carbocycles. The highest BCUT2D eigenvalue weighted by Gasteiger charge is 2.20. The lowest BCUT2D eigenvalue weighted by Gasteiger charge is -2.19. The van der Waals surface area contributed by atoms with Gasteiger partial charge < -0.3 is 14.8 Å². The van der Waals surface area contributed by atoms with Gasteiger partial charge in [-0.3, -0.25) is 4.79 Å². The van der Waals surface area contributed by atoms with Crippen LogP contribution in [0.5, 0.6) is 5.75 Å². The van der Waals surface area contributed by atoms with E-state index in [0.717, 1.165) is 11.1 Å². The maximum Gasteiger partial charge on any atom is 0.407 e. The highest BCUT2D eigenvalue weighted by Crippen LogP contribution is 2.23. The van der Waals surface area contributed by atoms with Crippen molar-refractivity contribution in [3.8, 4) is 5.75 Å². The topological polar surface area (TPSA) is 64.6 Å². The Kier molecular flexibility index (Phi) is 7.00. The molecule has 1 unspecified atom stereocenters. The van der Waals surface area contributed by atoms with Gasteiger partial charge in [-0.25, -0.2) is 4.79 Å². The molecule has 0 aliphatic heterocycles. The summed E-state index contributed by atoms with van der Waals surface area (Å²) in [4.78, 5) is 25.1. The number of ether oxygens (including phenoxy) is 2. The van der Waals surface area contributed by atoms with Crippen LogP contribution in [0, 0.1) is 0 Å². The smallest absolute Gasteiger partial charge is 0.407 e. The molecule has 3 rings (SSSR count). The zero-order chi connectivity index (χ0) is 20.5. The van der Waals surface area contributed by atoms with E-state index in [1.807, 2.05) is 66.7 Å². The lowest BCUT2D eigenvalue weighted by atomic mass is 9.98. The highest BCUT2D eigenvalue weighted by molar-refractivity contribution is 5.96. The maximum atomic E-state index is 12.7. The van der Waals surface area contributed by atoms with Crippen molar-refractivity contribution < 1.29 is 19.1 Å². The van der Waals surface area contributed by atoms with Crippen LogP contribution in [0.1, 0.15) is 33.9 Å². The van der Waals surface area contributed by atoms with E-state index < -0.39 is 12.1 Å². The second-order valence-corrected chi connectivity index (χ2v) is 6.53. The molecule has 1 N–H and O–H groups in total. The number of amides is 1. The molecule has 29 heavy (non-hydrogen) atoms. The second kappa shape index (κ2) is 10.1. The normalized spacial score (nSPS) is 11.3. The van der Waals surface area contributed by atoms with E-state index in [2.05, 4.69) is 5.32 Å². The van der Waals surface area contributed by atoms with Gasteiger partial charge in [0.25, 0.3) is 0 Å². The molecule has 0 aliphatic carbocycles. The Balaban J connectivity index is 1.73. The van der Waals surface area contributed by atoms with Crippen LogP contribution in [0.3, 0.4) is 0 Å². The third-order valence-electron chi connectivity index (χ3n) is 4.49. The monoisotopic (exact) mass is 389 g/mol. The summed E-state index contributed by atoms with van der Waals surface area (Å²) in [6, 6.07) is 25.2. The van der Waals surface area contributed by atoms with Crippen molar-refractivity contribution >= 4 is 11.9 Å². The van der Waals surface area contributed by atoms with Crippen molar-refractivity contribution in [2.75, 3.05) is 7.11 Å². The van der Waals surface area contributed by atoms with Gasteiger partial charge in [0.1, 0.15) is 12.4 Å². The number of hydrogen-bond acceptors (Lipinski definition) is 4. The summed E-state index contributed by atoms with van der Waals surface area (Å²) < 4.78 is 10.6. The molecule has 0 aliphatic rings. The summed E-state index contributed by atoms with van der Waals surface area (Å²) in [5.41, 5.74) is 2.26. The van der Waals surface area contributed by atoms with Crippen molar-refractivity contribution in [2.45, 2.75) is 19.1 Å². The van der Waals surface area contributed by atoms with E-state index in [4.69, 9.17) is 9.47 Å². The third-order valence-corrected chi connectivity index (χ3v) is 4.49. The molecule has 0 saturated heterocycles. The molecule has 0 spiro atoms. The van der Waals surface area contributed by atoms with Crippen LogP contribution in [-0.2, 0) is 11.3 Å². The highest BCUT2D eigenvalue weighted by atomic mass is 16.5. The maximum absolute atomic E-state index is 12.7. The van der Waals surface area contributed by atoms with Gasteiger partial charge in [-0.05, 0) is 23.3 Å². The summed E-state index contributed by atoms with van der Waals surface area (Å²) in [5, 5.41) is 2.82. The Morgan fingerprint density at radius 2 is 1.59 bits per heavy atom. The van der Waals surface area contributed by atoms with Gasteiger partial charge in [0, 0.05) is 12.0 Å². The second-order valence-electron chi connectivity index (χ2n) is 6.53. The molecule has 148 valence electrons. The molecule has 5 heteroatoms. The first-order chi connectivity index (χ1) is 14.2. The summed E-state index contributed by atoms with van der Waals surface area (Å²) in [7, 11) is 1.57. The molecule has 0 heterocycles. The van der Waals surface area contributed by atoms with Crippen molar-refractivity contribution in [3.05, 3.63) is 102 Å². The number of ketones is 1. The minimum Gasteiger partial charge on any atom is -0.497 e. The SMILES string of the molecule is COc1cccc(C(CC(=O)c2ccccc2)NC(=O)OCc2ccccc2)c1. The van der Waals surface area contributed by atoms with Crippen LogP contribution in [0.25, 0.3) is 0 Å².